The molecule has 1 saturated heterocycles. The third-order valence-electron chi connectivity index (χ3n) is 2.21. The van der Waals surface area contributed by atoms with Gasteiger partial charge in [0.15, 0.2) is 11.7 Å². The maximum atomic E-state index is 11.6. The van der Waals surface area contributed by atoms with Crippen LogP contribution in [0.2, 0.25) is 0 Å². The van der Waals surface area contributed by atoms with Gasteiger partial charge < -0.3 is 14.4 Å². The Morgan fingerprint density at radius 2 is 1.94 bits per heavy atom. The number of ether oxygens (including phenoxy) is 2. The molecule has 0 aromatic heterocycles. The van der Waals surface area contributed by atoms with Crippen molar-refractivity contribution >= 4 is 23.6 Å². The van der Waals surface area contributed by atoms with E-state index in [1.54, 1.807) is 0 Å². The van der Waals surface area contributed by atoms with Crippen molar-refractivity contribution < 1.29 is 28.7 Å². The molecule has 1 heterocycles. The molecule has 0 radical (unpaired) electrons. The lowest BCUT2D eigenvalue weighted by Crippen LogP contribution is -2.35. The number of ketones is 1. The molecule has 1 rings (SSSR count). The van der Waals surface area contributed by atoms with Gasteiger partial charge in [0.05, 0.1) is 20.8 Å². The molecule has 1 aliphatic heterocycles. The van der Waals surface area contributed by atoms with E-state index in [9.17, 15) is 19.2 Å². The number of amides is 1. The fourth-order valence-corrected chi connectivity index (χ4v) is 1.38. The first-order chi connectivity index (χ1) is 7.51. The summed E-state index contributed by atoms with van der Waals surface area (Å²) in [5, 5.41) is 0. The van der Waals surface area contributed by atoms with Gasteiger partial charge in [0.2, 0.25) is 5.91 Å². The predicted octanol–water partition coefficient (Wildman–Crippen LogP) is -1.64. The van der Waals surface area contributed by atoms with Crippen LogP contribution in [0.15, 0.2) is 0 Å². The van der Waals surface area contributed by atoms with Gasteiger partial charge in [-0.2, -0.15) is 0 Å². The first-order valence-electron chi connectivity index (χ1n) is 4.47. The van der Waals surface area contributed by atoms with Crippen LogP contribution in [0, 0.1) is 5.92 Å². The molecule has 0 aliphatic carbocycles. The molecule has 0 bridgehead atoms. The van der Waals surface area contributed by atoms with Crippen LogP contribution in [0.4, 0.5) is 0 Å². The summed E-state index contributed by atoms with van der Waals surface area (Å²) in [5.41, 5.74) is 0. The second-order valence-corrected chi connectivity index (χ2v) is 3.19. The summed E-state index contributed by atoms with van der Waals surface area (Å²) in [6.45, 7) is -0.609. The molecule has 1 aliphatic rings. The number of hydrogen-bond donors (Lipinski definition) is 0. The standard InChI is InChI=1S/C9H11NO6/c1-15-6(12)4-10-3-5(11)7(8(10)13)9(14)16-2/h7H,3-4H2,1-2H3. The number of nitrogens with zero attached hydrogens (tertiary/aromatic N) is 1. The van der Waals surface area contributed by atoms with Gasteiger partial charge in [-0.25, -0.2) is 0 Å². The zero-order chi connectivity index (χ0) is 12.3. The van der Waals surface area contributed by atoms with Crippen LogP contribution in [-0.4, -0.2) is 55.8 Å². The molecule has 1 fully saturated rings. The van der Waals surface area contributed by atoms with E-state index in [1.807, 2.05) is 0 Å². The lowest BCUT2D eigenvalue weighted by atomic mass is 10.1. The number of methoxy groups -OCH3 is 2. The highest BCUT2D eigenvalue weighted by Gasteiger charge is 2.45. The minimum absolute atomic E-state index is 0.270. The molecule has 88 valence electrons. The molecule has 7 nitrogen and oxygen atoms in total. The largest absolute Gasteiger partial charge is 0.468 e. The average molecular weight is 229 g/mol. The second-order valence-electron chi connectivity index (χ2n) is 3.19. The van der Waals surface area contributed by atoms with E-state index < -0.39 is 29.5 Å². The highest BCUT2D eigenvalue weighted by Crippen LogP contribution is 2.15. The van der Waals surface area contributed by atoms with Crippen LogP contribution in [0.1, 0.15) is 0 Å². The Bertz CT molecular complexity index is 350. The summed E-state index contributed by atoms with van der Waals surface area (Å²) in [6.07, 6.45) is 0. The molecule has 0 spiro atoms. The Balaban J connectivity index is 2.74. The van der Waals surface area contributed by atoms with Crippen LogP contribution in [0.5, 0.6) is 0 Å². The lowest BCUT2D eigenvalue weighted by molar-refractivity contribution is -0.154. The molecule has 7 heteroatoms. The Labute approximate surface area is 91.3 Å². The smallest absolute Gasteiger partial charge is 0.325 e. The quantitative estimate of drug-likeness (QED) is 0.426. The summed E-state index contributed by atoms with van der Waals surface area (Å²) in [5.74, 6) is -4.27. The summed E-state index contributed by atoms with van der Waals surface area (Å²) in [7, 11) is 2.26. The Morgan fingerprint density at radius 1 is 1.31 bits per heavy atom. The van der Waals surface area contributed by atoms with Gasteiger partial charge in [-0.15, -0.1) is 0 Å². The maximum absolute atomic E-state index is 11.6. The molecular weight excluding hydrogens is 218 g/mol. The number of esters is 2. The SMILES string of the molecule is COC(=O)CN1CC(=O)C(C(=O)OC)C1=O. The van der Waals surface area contributed by atoms with Gasteiger partial charge in [-0.1, -0.05) is 0 Å². The first kappa shape index (κ1) is 12.2. The van der Waals surface area contributed by atoms with Crippen molar-refractivity contribution in [1.29, 1.82) is 0 Å². The molecular formula is C9H11NO6. The van der Waals surface area contributed by atoms with Crippen LogP contribution in [0.3, 0.4) is 0 Å². The van der Waals surface area contributed by atoms with E-state index in [4.69, 9.17) is 0 Å². The molecule has 1 unspecified atom stereocenters. The van der Waals surface area contributed by atoms with E-state index in [0.717, 1.165) is 12.0 Å². The van der Waals surface area contributed by atoms with Crippen LogP contribution >= 0.6 is 0 Å². The number of carbonyl (C=O) groups excluding carboxylic acids is 4. The lowest BCUT2D eigenvalue weighted by Gasteiger charge is -2.12. The maximum Gasteiger partial charge on any atom is 0.325 e. The van der Waals surface area contributed by atoms with Gasteiger partial charge >= 0.3 is 11.9 Å². The van der Waals surface area contributed by atoms with E-state index in [1.165, 1.54) is 7.11 Å². The van der Waals surface area contributed by atoms with Gasteiger partial charge in [0.1, 0.15) is 6.54 Å². The van der Waals surface area contributed by atoms with Gasteiger partial charge in [-0.05, 0) is 0 Å². The highest BCUT2D eigenvalue weighted by atomic mass is 16.5. The predicted molar refractivity (Wildman–Crippen MR) is 49.1 cm³/mol. The zero-order valence-electron chi connectivity index (χ0n) is 8.89. The number of rotatable bonds is 3. The fourth-order valence-electron chi connectivity index (χ4n) is 1.38. The van der Waals surface area contributed by atoms with E-state index in [2.05, 4.69) is 9.47 Å². The third-order valence-corrected chi connectivity index (χ3v) is 2.21. The Hall–Kier alpha value is -1.92. The topological polar surface area (TPSA) is 90.0 Å². The molecule has 1 atom stereocenters. The van der Waals surface area contributed by atoms with Gasteiger partial charge in [0.25, 0.3) is 0 Å². The molecule has 0 aromatic rings. The summed E-state index contributed by atoms with van der Waals surface area (Å²) in [4.78, 5) is 45.9. The summed E-state index contributed by atoms with van der Waals surface area (Å²) < 4.78 is 8.69. The first-order valence-corrected chi connectivity index (χ1v) is 4.47. The summed E-state index contributed by atoms with van der Waals surface area (Å²) >= 11 is 0. The zero-order valence-corrected chi connectivity index (χ0v) is 8.89. The second kappa shape index (κ2) is 4.73. The van der Waals surface area contributed by atoms with Crippen LogP contribution in [-0.2, 0) is 28.7 Å². The Morgan fingerprint density at radius 3 is 2.44 bits per heavy atom. The van der Waals surface area contributed by atoms with Gasteiger partial charge in [-0.3, -0.25) is 19.2 Å². The van der Waals surface area contributed by atoms with Crippen molar-refractivity contribution in [2.75, 3.05) is 27.3 Å². The molecule has 0 saturated carbocycles. The number of likely N-dealkylation sites (tertiary alicyclic amines) is 1. The minimum atomic E-state index is -1.44. The number of carbonyl (C=O) groups is 4. The van der Waals surface area contributed by atoms with Crippen molar-refractivity contribution in [2.45, 2.75) is 0 Å². The van der Waals surface area contributed by atoms with Crippen molar-refractivity contribution in [3.05, 3.63) is 0 Å². The Kier molecular flexibility index (Phi) is 3.60. The molecule has 1 amide bonds. The van der Waals surface area contributed by atoms with E-state index >= 15 is 0 Å². The van der Waals surface area contributed by atoms with Crippen molar-refractivity contribution in [1.82, 2.24) is 4.90 Å². The van der Waals surface area contributed by atoms with Gasteiger partial charge in [0, 0.05) is 0 Å². The fraction of sp³-hybridized carbons (Fsp3) is 0.556. The van der Waals surface area contributed by atoms with Crippen LogP contribution < -0.4 is 0 Å². The number of hydrogen-bond acceptors (Lipinski definition) is 6. The molecule has 16 heavy (non-hydrogen) atoms. The third kappa shape index (κ3) is 2.18. The van der Waals surface area contributed by atoms with E-state index in [-0.39, 0.29) is 13.1 Å². The minimum Gasteiger partial charge on any atom is -0.468 e. The number of Topliss-reactive ketones (excluding diaryl/α,β-unsaturated/α-hetero) is 1. The van der Waals surface area contributed by atoms with Crippen LogP contribution in [0.25, 0.3) is 0 Å². The van der Waals surface area contributed by atoms with Crippen molar-refractivity contribution in [2.24, 2.45) is 5.92 Å². The molecule has 0 N–H and O–H groups in total. The summed E-state index contributed by atoms with van der Waals surface area (Å²) in [6, 6.07) is 0. The highest BCUT2D eigenvalue weighted by molar-refractivity contribution is 6.21. The van der Waals surface area contributed by atoms with Crippen molar-refractivity contribution in [3.8, 4) is 0 Å². The van der Waals surface area contributed by atoms with E-state index in [0.29, 0.717) is 0 Å². The molecule has 0 aromatic carbocycles. The van der Waals surface area contributed by atoms with Crippen molar-refractivity contribution in [3.63, 3.8) is 0 Å². The monoisotopic (exact) mass is 229 g/mol. The average Bonchev–Trinajstić information content (AvgIpc) is 2.53. The normalized spacial score (nSPS) is 19.9.